The molecule has 0 bridgehead atoms. The van der Waals surface area contributed by atoms with E-state index in [1.165, 1.54) is 0 Å². The summed E-state index contributed by atoms with van der Waals surface area (Å²) in [4.78, 5) is 15.8. The molecule has 0 aliphatic heterocycles. The summed E-state index contributed by atoms with van der Waals surface area (Å²) >= 11 is 0. The number of nitrogens with zero attached hydrogens (tertiary/aromatic N) is 3. The highest BCUT2D eigenvalue weighted by molar-refractivity contribution is 5.81. The number of hydrogen-bond acceptors (Lipinski definition) is 3. The molecule has 0 atom stereocenters. The lowest BCUT2D eigenvalue weighted by Crippen LogP contribution is -2.11. The van der Waals surface area contributed by atoms with Gasteiger partial charge in [0.25, 0.3) is 0 Å². The van der Waals surface area contributed by atoms with Gasteiger partial charge in [-0.2, -0.15) is 5.10 Å². The van der Waals surface area contributed by atoms with Crippen molar-refractivity contribution < 1.29 is 4.79 Å². The highest BCUT2D eigenvalue weighted by Gasteiger charge is 2.07. The summed E-state index contributed by atoms with van der Waals surface area (Å²) in [6.45, 7) is 4.32. The molecule has 2 aromatic rings. The van der Waals surface area contributed by atoms with Crippen molar-refractivity contribution in [2.75, 3.05) is 0 Å². The first kappa shape index (κ1) is 10.8. The van der Waals surface area contributed by atoms with Gasteiger partial charge in [-0.25, -0.2) is 9.67 Å². The third-order valence-electron chi connectivity index (χ3n) is 2.47. The van der Waals surface area contributed by atoms with Gasteiger partial charge in [-0.1, -0.05) is 6.92 Å². The Kier molecular flexibility index (Phi) is 2.99. The molecule has 0 aliphatic rings. The van der Waals surface area contributed by atoms with Crippen LogP contribution in [0.3, 0.4) is 0 Å². The van der Waals surface area contributed by atoms with E-state index in [4.69, 9.17) is 0 Å². The summed E-state index contributed by atoms with van der Waals surface area (Å²) in [5.41, 5.74) is 1.89. The maximum absolute atomic E-state index is 11.5. The lowest BCUT2D eigenvalue weighted by molar-refractivity contribution is -0.119. The van der Waals surface area contributed by atoms with Crippen molar-refractivity contribution in [3.05, 3.63) is 24.0 Å². The second kappa shape index (κ2) is 4.43. The monoisotopic (exact) mass is 217 g/mol. The molecule has 4 nitrogen and oxygen atoms in total. The van der Waals surface area contributed by atoms with Crippen LogP contribution in [0.1, 0.15) is 25.3 Å². The fraction of sp³-hybridized carbons (Fsp3) is 0.417. The SMILES string of the molecule is CCCC(=O)Cn1ncc2cc(C)cnc21. The van der Waals surface area contributed by atoms with Crippen molar-refractivity contribution >= 4 is 16.8 Å². The number of ketones is 1. The number of aryl methyl sites for hydroxylation is 1. The van der Waals surface area contributed by atoms with Crippen LogP contribution in [0.25, 0.3) is 11.0 Å². The van der Waals surface area contributed by atoms with E-state index in [2.05, 4.69) is 10.1 Å². The molecule has 16 heavy (non-hydrogen) atoms. The maximum atomic E-state index is 11.5. The zero-order valence-electron chi connectivity index (χ0n) is 9.60. The molecule has 2 aromatic heterocycles. The first-order valence-corrected chi connectivity index (χ1v) is 5.50. The fourth-order valence-electron chi connectivity index (χ4n) is 1.72. The molecule has 84 valence electrons. The molecule has 0 aromatic carbocycles. The molecule has 0 spiro atoms. The lowest BCUT2D eigenvalue weighted by atomic mass is 10.2. The Labute approximate surface area is 94.3 Å². The van der Waals surface area contributed by atoms with Crippen LogP contribution in [0.2, 0.25) is 0 Å². The number of hydrogen-bond donors (Lipinski definition) is 0. The molecule has 0 fully saturated rings. The summed E-state index contributed by atoms with van der Waals surface area (Å²) in [6.07, 6.45) is 5.04. The average Bonchev–Trinajstić information content (AvgIpc) is 2.61. The second-order valence-electron chi connectivity index (χ2n) is 4.02. The van der Waals surface area contributed by atoms with Gasteiger partial charge in [0.15, 0.2) is 11.4 Å². The van der Waals surface area contributed by atoms with Crippen molar-refractivity contribution in [1.82, 2.24) is 14.8 Å². The molecular weight excluding hydrogens is 202 g/mol. The Morgan fingerprint density at radius 2 is 2.25 bits per heavy atom. The number of rotatable bonds is 4. The molecule has 4 heteroatoms. The van der Waals surface area contributed by atoms with Gasteiger partial charge in [0.1, 0.15) is 6.54 Å². The van der Waals surface area contributed by atoms with Gasteiger partial charge in [-0.05, 0) is 25.0 Å². The quantitative estimate of drug-likeness (QED) is 0.788. The van der Waals surface area contributed by atoms with E-state index in [0.29, 0.717) is 13.0 Å². The predicted molar refractivity (Wildman–Crippen MR) is 62.2 cm³/mol. The Bertz CT molecular complexity index is 516. The molecule has 2 heterocycles. The van der Waals surface area contributed by atoms with E-state index < -0.39 is 0 Å². The number of aromatic nitrogens is 3. The fourth-order valence-corrected chi connectivity index (χ4v) is 1.72. The van der Waals surface area contributed by atoms with Crippen molar-refractivity contribution in [2.45, 2.75) is 33.2 Å². The molecule has 0 amide bonds. The van der Waals surface area contributed by atoms with Gasteiger partial charge in [-0.15, -0.1) is 0 Å². The third kappa shape index (κ3) is 2.10. The van der Waals surface area contributed by atoms with Crippen LogP contribution >= 0.6 is 0 Å². The summed E-state index contributed by atoms with van der Waals surface area (Å²) in [5, 5.41) is 5.18. The Morgan fingerprint density at radius 1 is 1.44 bits per heavy atom. The van der Waals surface area contributed by atoms with E-state index in [1.54, 1.807) is 17.1 Å². The van der Waals surface area contributed by atoms with Crippen molar-refractivity contribution in [3.8, 4) is 0 Å². The standard InChI is InChI=1S/C12H15N3O/c1-3-4-11(16)8-15-12-10(7-14-15)5-9(2)6-13-12/h5-7H,3-4,8H2,1-2H3. The molecule has 0 unspecified atom stereocenters. The summed E-state index contributed by atoms with van der Waals surface area (Å²) in [7, 11) is 0. The Hall–Kier alpha value is -1.71. The molecule has 0 radical (unpaired) electrons. The molecule has 0 saturated carbocycles. The van der Waals surface area contributed by atoms with Gasteiger partial charge in [0.2, 0.25) is 0 Å². The molecule has 0 N–H and O–H groups in total. The Balaban J connectivity index is 2.28. The number of Topliss-reactive ketones (excluding diaryl/α,β-unsaturated/α-hetero) is 1. The lowest BCUT2D eigenvalue weighted by Gasteiger charge is -2.01. The number of carbonyl (C=O) groups excluding carboxylic acids is 1. The first-order valence-electron chi connectivity index (χ1n) is 5.50. The summed E-state index contributed by atoms with van der Waals surface area (Å²) in [6, 6.07) is 2.02. The number of carbonyl (C=O) groups is 1. The van der Waals surface area contributed by atoms with Crippen LogP contribution in [0.15, 0.2) is 18.5 Å². The minimum Gasteiger partial charge on any atom is -0.298 e. The van der Waals surface area contributed by atoms with Crippen LogP contribution in [0.5, 0.6) is 0 Å². The molecule has 0 saturated heterocycles. The minimum atomic E-state index is 0.204. The topological polar surface area (TPSA) is 47.8 Å². The zero-order valence-corrected chi connectivity index (χ0v) is 9.60. The zero-order chi connectivity index (χ0) is 11.5. The van der Waals surface area contributed by atoms with Crippen LogP contribution < -0.4 is 0 Å². The van der Waals surface area contributed by atoms with Gasteiger partial charge < -0.3 is 0 Å². The molecule has 0 aliphatic carbocycles. The van der Waals surface area contributed by atoms with E-state index in [-0.39, 0.29) is 5.78 Å². The minimum absolute atomic E-state index is 0.204. The van der Waals surface area contributed by atoms with E-state index >= 15 is 0 Å². The van der Waals surface area contributed by atoms with Crippen LogP contribution in [-0.2, 0) is 11.3 Å². The van der Waals surface area contributed by atoms with Crippen molar-refractivity contribution in [3.63, 3.8) is 0 Å². The Morgan fingerprint density at radius 3 is 3.00 bits per heavy atom. The number of pyridine rings is 1. The summed E-state index contributed by atoms with van der Waals surface area (Å²) < 4.78 is 1.67. The van der Waals surface area contributed by atoms with Gasteiger partial charge in [0, 0.05) is 18.0 Å². The van der Waals surface area contributed by atoms with Gasteiger partial charge >= 0.3 is 0 Å². The van der Waals surface area contributed by atoms with E-state index in [9.17, 15) is 4.79 Å². The molecular formula is C12H15N3O. The number of fused-ring (bicyclic) bond motifs is 1. The van der Waals surface area contributed by atoms with Gasteiger partial charge in [0.05, 0.1) is 6.20 Å². The van der Waals surface area contributed by atoms with Gasteiger partial charge in [-0.3, -0.25) is 4.79 Å². The second-order valence-corrected chi connectivity index (χ2v) is 4.02. The van der Waals surface area contributed by atoms with Crippen LogP contribution in [-0.4, -0.2) is 20.5 Å². The maximum Gasteiger partial charge on any atom is 0.158 e. The highest BCUT2D eigenvalue weighted by atomic mass is 16.1. The smallest absolute Gasteiger partial charge is 0.158 e. The molecule has 2 rings (SSSR count). The predicted octanol–water partition coefficient (Wildman–Crippen LogP) is 2.11. The van der Waals surface area contributed by atoms with Crippen molar-refractivity contribution in [1.29, 1.82) is 0 Å². The van der Waals surface area contributed by atoms with E-state index in [0.717, 1.165) is 23.0 Å². The average molecular weight is 217 g/mol. The largest absolute Gasteiger partial charge is 0.298 e. The van der Waals surface area contributed by atoms with Crippen LogP contribution in [0.4, 0.5) is 0 Å². The normalized spacial score (nSPS) is 10.9. The third-order valence-corrected chi connectivity index (χ3v) is 2.47. The van der Waals surface area contributed by atoms with Crippen LogP contribution in [0, 0.1) is 6.92 Å². The highest BCUT2D eigenvalue weighted by Crippen LogP contribution is 2.12. The van der Waals surface area contributed by atoms with Crippen molar-refractivity contribution in [2.24, 2.45) is 0 Å². The first-order chi connectivity index (χ1) is 7.70. The summed E-state index contributed by atoms with van der Waals surface area (Å²) in [5.74, 6) is 0.204. The van der Waals surface area contributed by atoms with E-state index in [1.807, 2.05) is 19.9 Å².